The Morgan fingerprint density at radius 3 is 1.65 bits per heavy atom. The SMILES string of the molecule is c1ccc(-c2ccccc2N(c2cccc(-c3ccccc3-n3c4ccccc4c4c5ccccc5ccc43)c2)c2ccc3c4ccccc4c4ccccc4c3c2)cc1. The fourth-order valence-electron chi connectivity index (χ4n) is 9.72. The molecule has 0 N–H and O–H groups in total. The Morgan fingerprint density at radius 2 is 0.867 bits per heavy atom. The Hall–Kier alpha value is -7.94. The Balaban J connectivity index is 1.10. The standard InChI is InChI=1S/C58H38N2/c1-2-17-39(18-3-1)44-22-10-13-30-54(44)59(43-34-35-51-49-27-7-6-25-47(49)48-26-8-9-28-50(48)53(51)38-43)42-21-16-20-41(37-42)45-23-11-14-31-55(45)60-56-32-15-12-29-52(56)58-46-24-5-4-19-40(46)33-36-57(58)60/h1-38H. The predicted molar refractivity (Wildman–Crippen MR) is 256 cm³/mol. The summed E-state index contributed by atoms with van der Waals surface area (Å²) in [7, 11) is 0. The number of nitrogens with zero attached hydrogens (tertiary/aromatic N) is 2. The third kappa shape index (κ3) is 5.35. The van der Waals surface area contributed by atoms with E-state index in [1.807, 2.05) is 0 Å². The molecule has 0 spiro atoms. The minimum atomic E-state index is 1.09. The number of fused-ring (bicyclic) bond motifs is 11. The van der Waals surface area contributed by atoms with Crippen LogP contribution in [0.2, 0.25) is 0 Å². The Kier molecular flexibility index (Phi) is 7.89. The molecule has 1 heterocycles. The van der Waals surface area contributed by atoms with E-state index in [1.54, 1.807) is 0 Å². The van der Waals surface area contributed by atoms with E-state index >= 15 is 0 Å². The number of hydrogen-bond acceptors (Lipinski definition) is 1. The zero-order chi connectivity index (χ0) is 39.6. The zero-order valence-corrected chi connectivity index (χ0v) is 32.8. The largest absolute Gasteiger partial charge is 0.310 e. The van der Waals surface area contributed by atoms with Gasteiger partial charge in [0, 0.05) is 33.3 Å². The number of anilines is 3. The van der Waals surface area contributed by atoms with Crippen molar-refractivity contribution >= 4 is 82.0 Å². The fraction of sp³-hybridized carbons (Fsp3) is 0. The van der Waals surface area contributed by atoms with Crippen LogP contribution in [0, 0.1) is 0 Å². The van der Waals surface area contributed by atoms with Gasteiger partial charge in [-0.2, -0.15) is 0 Å². The Bertz CT molecular complexity index is 3580. The van der Waals surface area contributed by atoms with E-state index in [1.165, 1.54) is 81.6 Å². The molecule has 0 aliphatic carbocycles. The second-order valence-corrected chi connectivity index (χ2v) is 15.6. The van der Waals surface area contributed by atoms with Crippen LogP contribution in [0.25, 0.3) is 92.8 Å². The van der Waals surface area contributed by atoms with Crippen LogP contribution in [0.15, 0.2) is 231 Å². The van der Waals surface area contributed by atoms with Gasteiger partial charge in [-0.05, 0) is 103 Å². The highest BCUT2D eigenvalue weighted by Crippen LogP contribution is 2.46. The van der Waals surface area contributed by atoms with Gasteiger partial charge in [-0.1, -0.05) is 182 Å². The molecule has 0 fully saturated rings. The first-order chi connectivity index (χ1) is 29.8. The van der Waals surface area contributed by atoms with Crippen molar-refractivity contribution in [3.05, 3.63) is 231 Å². The molecule has 280 valence electrons. The van der Waals surface area contributed by atoms with Crippen LogP contribution in [0.5, 0.6) is 0 Å². The van der Waals surface area contributed by atoms with Gasteiger partial charge < -0.3 is 9.47 Å². The molecule has 0 aliphatic heterocycles. The highest BCUT2D eigenvalue weighted by Gasteiger charge is 2.21. The van der Waals surface area contributed by atoms with E-state index in [4.69, 9.17) is 0 Å². The van der Waals surface area contributed by atoms with E-state index in [2.05, 4.69) is 240 Å². The average molecular weight is 763 g/mol. The first-order valence-electron chi connectivity index (χ1n) is 20.7. The zero-order valence-electron chi connectivity index (χ0n) is 32.8. The average Bonchev–Trinajstić information content (AvgIpc) is 3.67. The predicted octanol–water partition coefficient (Wildman–Crippen LogP) is 16.2. The molecule has 0 aliphatic rings. The summed E-state index contributed by atoms with van der Waals surface area (Å²) in [5, 5.41) is 12.6. The second-order valence-electron chi connectivity index (χ2n) is 15.6. The van der Waals surface area contributed by atoms with Crippen molar-refractivity contribution in [3.8, 4) is 27.9 Å². The molecule has 2 nitrogen and oxygen atoms in total. The highest BCUT2D eigenvalue weighted by molar-refractivity contribution is 6.26. The third-order valence-electron chi connectivity index (χ3n) is 12.3. The molecule has 12 rings (SSSR count). The van der Waals surface area contributed by atoms with Crippen molar-refractivity contribution in [2.45, 2.75) is 0 Å². The summed E-state index contributed by atoms with van der Waals surface area (Å²) in [5.41, 5.74) is 11.5. The molecular formula is C58H38N2. The van der Waals surface area contributed by atoms with Gasteiger partial charge in [0.15, 0.2) is 0 Å². The number of hydrogen-bond donors (Lipinski definition) is 0. The first-order valence-corrected chi connectivity index (χ1v) is 20.7. The van der Waals surface area contributed by atoms with Crippen molar-refractivity contribution < 1.29 is 0 Å². The fourth-order valence-corrected chi connectivity index (χ4v) is 9.72. The molecular weight excluding hydrogens is 725 g/mol. The lowest BCUT2D eigenvalue weighted by atomic mass is 9.93. The van der Waals surface area contributed by atoms with Gasteiger partial charge in [-0.3, -0.25) is 0 Å². The smallest absolute Gasteiger partial charge is 0.0547 e. The van der Waals surface area contributed by atoms with Crippen LogP contribution in [-0.4, -0.2) is 4.57 Å². The summed E-state index contributed by atoms with van der Waals surface area (Å²) >= 11 is 0. The van der Waals surface area contributed by atoms with Crippen LogP contribution >= 0.6 is 0 Å². The molecule has 0 amide bonds. The summed E-state index contributed by atoms with van der Waals surface area (Å²) in [6, 6.07) is 84.3. The van der Waals surface area contributed by atoms with Crippen LogP contribution < -0.4 is 4.90 Å². The quantitative estimate of drug-likeness (QED) is 0.153. The molecule has 0 radical (unpaired) electrons. The van der Waals surface area contributed by atoms with Crippen molar-refractivity contribution in [2.24, 2.45) is 0 Å². The Labute approximate surface area is 348 Å². The monoisotopic (exact) mass is 762 g/mol. The van der Waals surface area contributed by atoms with E-state index in [-0.39, 0.29) is 0 Å². The van der Waals surface area contributed by atoms with Gasteiger partial charge in [0.05, 0.1) is 22.4 Å². The van der Waals surface area contributed by atoms with Gasteiger partial charge in [-0.25, -0.2) is 0 Å². The highest BCUT2D eigenvalue weighted by atomic mass is 15.1. The van der Waals surface area contributed by atoms with Crippen LogP contribution in [0.4, 0.5) is 17.1 Å². The molecule has 0 saturated carbocycles. The van der Waals surface area contributed by atoms with Gasteiger partial charge in [0.2, 0.25) is 0 Å². The summed E-state index contributed by atoms with van der Waals surface area (Å²) < 4.78 is 2.46. The Morgan fingerprint density at radius 1 is 0.300 bits per heavy atom. The van der Waals surface area contributed by atoms with Crippen molar-refractivity contribution in [1.82, 2.24) is 4.57 Å². The summed E-state index contributed by atoms with van der Waals surface area (Å²) in [6.45, 7) is 0. The van der Waals surface area contributed by atoms with Crippen LogP contribution in [0.1, 0.15) is 0 Å². The van der Waals surface area contributed by atoms with E-state index < -0.39 is 0 Å². The molecule has 0 unspecified atom stereocenters. The summed E-state index contributed by atoms with van der Waals surface area (Å²) in [5.74, 6) is 0. The van der Waals surface area contributed by atoms with Gasteiger partial charge >= 0.3 is 0 Å². The lowest BCUT2D eigenvalue weighted by Gasteiger charge is -2.29. The molecule has 0 bridgehead atoms. The maximum Gasteiger partial charge on any atom is 0.0547 e. The summed E-state index contributed by atoms with van der Waals surface area (Å²) in [6.07, 6.45) is 0. The summed E-state index contributed by atoms with van der Waals surface area (Å²) in [4.78, 5) is 2.45. The van der Waals surface area contributed by atoms with E-state index in [0.29, 0.717) is 0 Å². The van der Waals surface area contributed by atoms with Crippen molar-refractivity contribution in [1.29, 1.82) is 0 Å². The normalized spacial score (nSPS) is 11.7. The molecule has 1 aromatic heterocycles. The first kappa shape index (κ1) is 34.1. The van der Waals surface area contributed by atoms with Crippen molar-refractivity contribution in [2.75, 3.05) is 4.90 Å². The second kappa shape index (κ2) is 13.9. The minimum absolute atomic E-state index is 1.09. The molecule has 0 saturated heterocycles. The minimum Gasteiger partial charge on any atom is -0.310 e. The molecule has 0 atom stereocenters. The molecule has 2 heteroatoms. The van der Waals surface area contributed by atoms with Crippen LogP contribution in [-0.2, 0) is 0 Å². The van der Waals surface area contributed by atoms with Gasteiger partial charge in [-0.15, -0.1) is 0 Å². The number of aromatic nitrogens is 1. The third-order valence-corrected chi connectivity index (χ3v) is 12.3. The van der Waals surface area contributed by atoms with Crippen LogP contribution in [0.3, 0.4) is 0 Å². The maximum absolute atomic E-state index is 2.46. The molecule has 60 heavy (non-hydrogen) atoms. The lowest BCUT2D eigenvalue weighted by Crippen LogP contribution is -2.11. The maximum atomic E-state index is 2.46. The number of rotatable bonds is 6. The molecule has 12 aromatic rings. The van der Waals surface area contributed by atoms with Gasteiger partial charge in [0.25, 0.3) is 0 Å². The van der Waals surface area contributed by atoms with Gasteiger partial charge in [0.1, 0.15) is 0 Å². The number of benzene rings is 11. The topological polar surface area (TPSA) is 8.17 Å². The van der Waals surface area contributed by atoms with E-state index in [0.717, 1.165) is 28.3 Å². The number of para-hydroxylation sites is 3. The van der Waals surface area contributed by atoms with E-state index in [9.17, 15) is 0 Å². The van der Waals surface area contributed by atoms with Crippen molar-refractivity contribution in [3.63, 3.8) is 0 Å². The molecule has 11 aromatic carbocycles. The lowest BCUT2D eigenvalue weighted by molar-refractivity contribution is 1.18.